The number of pyridine rings is 1. The molecule has 0 saturated carbocycles. The van der Waals surface area contributed by atoms with Gasteiger partial charge in [0.2, 0.25) is 0 Å². The van der Waals surface area contributed by atoms with Crippen LogP contribution in [0.15, 0.2) is 41.7 Å². The molecule has 0 radical (unpaired) electrons. The monoisotopic (exact) mass is 313 g/mol. The number of rotatable bonds is 4. The third-order valence-corrected chi connectivity index (χ3v) is 3.87. The maximum Gasteiger partial charge on any atom is 0.271 e. The Balaban J connectivity index is 1.57. The largest absolute Gasteiger partial charge is 0.347 e. The van der Waals surface area contributed by atoms with Crippen molar-refractivity contribution in [3.05, 3.63) is 58.5 Å². The average molecular weight is 313 g/mol. The summed E-state index contributed by atoms with van der Waals surface area (Å²) in [5.74, 6) is -0.255. The van der Waals surface area contributed by atoms with Crippen molar-refractivity contribution in [1.82, 2.24) is 25.2 Å². The first-order valence-electron chi connectivity index (χ1n) is 7.67. The van der Waals surface area contributed by atoms with Crippen LogP contribution in [0.3, 0.4) is 0 Å². The molecule has 2 aromatic heterocycles. The van der Waals surface area contributed by atoms with Crippen LogP contribution >= 0.6 is 0 Å². The van der Waals surface area contributed by atoms with Gasteiger partial charge in [0.05, 0.1) is 6.20 Å². The summed E-state index contributed by atoms with van der Waals surface area (Å²) in [5, 5.41) is 2.99. The second-order valence-corrected chi connectivity index (χ2v) is 5.71. The highest BCUT2D eigenvalue weighted by atomic mass is 16.2. The molecular weight excluding hydrogens is 294 g/mol. The van der Waals surface area contributed by atoms with Crippen molar-refractivity contribution < 1.29 is 4.79 Å². The number of carbonyl (C=O) groups excluding carboxylic acids is 1. The molecule has 7 heteroatoms. The number of H-pyrrole nitrogens is 1. The topological polar surface area (TPSA) is 91.0 Å². The molecule has 1 amide bonds. The van der Waals surface area contributed by atoms with Crippen molar-refractivity contribution in [2.75, 3.05) is 13.1 Å². The number of hydrogen-bond acceptors (Lipinski definition) is 5. The fourth-order valence-corrected chi connectivity index (χ4v) is 2.79. The molecule has 0 spiro atoms. The molecule has 1 fully saturated rings. The highest BCUT2D eigenvalue weighted by molar-refractivity contribution is 5.92. The molecule has 120 valence electrons. The Hall–Kier alpha value is -2.54. The lowest BCUT2D eigenvalue weighted by Gasteiger charge is -2.33. The molecule has 2 N–H and O–H groups in total. The van der Waals surface area contributed by atoms with Crippen molar-refractivity contribution in [2.45, 2.75) is 25.4 Å². The number of nitrogens with zero attached hydrogens (tertiary/aromatic N) is 3. The van der Waals surface area contributed by atoms with E-state index in [0.29, 0.717) is 0 Å². The molecule has 0 unspecified atom stereocenters. The SMILES string of the molecule is O=C(N[C@H]1CCCN(Cc2cccnc2)C1)c1c[nH]c(=O)cn1. The lowest BCUT2D eigenvalue weighted by Crippen LogP contribution is -2.47. The predicted molar refractivity (Wildman–Crippen MR) is 84.9 cm³/mol. The zero-order valence-electron chi connectivity index (χ0n) is 12.7. The molecule has 2 aromatic rings. The molecule has 1 aliphatic rings. The first-order valence-corrected chi connectivity index (χ1v) is 7.67. The van der Waals surface area contributed by atoms with Gasteiger partial charge in [-0.25, -0.2) is 4.98 Å². The highest BCUT2D eigenvalue weighted by Crippen LogP contribution is 2.13. The van der Waals surface area contributed by atoms with Gasteiger partial charge in [0, 0.05) is 37.7 Å². The Bertz CT molecular complexity index is 695. The van der Waals surface area contributed by atoms with E-state index in [0.717, 1.165) is 38.7 Å². The van der Waals surface area contributed by atoms with Crippen molar-refractivity contribution in [3.63, 3.8) is 0 Å². The molecule has 0 bridgehead atoms. The fraction of sp³-hybridized carbons (Fsp3) is 0.375. The lowest BCUT2D eigenvalue weighted by molar-refractivity contribution is 0.0895. The quantitative estimate of drug-likeness (QED) is 0.860. The second kappa shape index (κ2) is 7.15. The van der Waals surface area contributed by atoms with Crippen LogP contribution in [0.5, 0.6) is 0 Å². The van der Waals surface area contributed by atoms with Crippen LogP contribution in [0.4, 0.5) is 0 Å². The minimum atomic E-state index is -0.318. The lowest BCUT2D eigenvalue weighted by atomic mass is 10.0. The van der Waals surface area contributed by atoms with E-state index in [-0.39, 0.29) is 23.2 Å². The van der Waals surface area contributed by atoms with Gasteiger partial charge >= 0.3 is 0 Å². The third kappa shape index (κ3) is 4.23. The van der Waals surface area contributed by atoms with E-state index in [9.17, 15) is 9.59 Å². The molecule has 1 aliphatic heterocycles. The Labute approximate surface area is 133 Å². The zero-order chi connectivity index (χ0) is 16.1. The number of amides is 1. The summed E-state index contributed by atoms with van der Waals surface area (Å²) in [6.45, 7) is 2.64. The van der Waals surface area contributed by atoms with Crippen LogP contribution in [-0.2, 0) is 6.54 Å². The maximum absolute atomic E-state index is 12.2. The van der Waals surface area contributed by atoms with Gasteiger partial charge in [-0.05, 0) is 31.0 Å². The standard InChI is InChI=1S/C16H19N5O2/c22-15-9-18-14(8-19-15)16(23)20-13-4-2-6-21(11-13)10-12-3-1-5-17-7-12/h1,3,5,7-9,13H,2,4,6,10-11H2,(H,19,22)(H,20,23)/t13-/m0/s1. The van der Waals surface area contributed by atoms with Crippen LogP contribution in [-0.4, -0.2) is 44.9 Å². The molecule has 1 saturated heterocycles. The summed E-state index contributed by atoms with van der Waals surface area (Å²) in [7, 11) is 0. The third-order valence-electron chi connectivity index (χ3n) is 3.87. The van der Waals surface area contributed by atoms with E-state index in [4.69, 9.17) is 0 Å². The van der Waals surface area contributed by atoms with Gasteiger partial charge in [-0.15, -0.1) is 0 Å². The number of nitrogens with one attached hydrogen (secondary N) is 2. The normalized spacial score (nSPS) is 18.5. The number of piperidine rings is 1. The van der Waals surface area contributed by atoms with Gasteiger partial charge < -0.3 is 10.3 Å². The fourth-order valence-electron chi connectivity index (χ4n) is 2.79. The van der Waals surface area contributed by atoms with E-state index in [2.05, 4.69) is 31.2 Å². The Kier molecular flexibility index (Phi) is 4.77. The van der Waals surface area contributed by atoms with Gasteiger partial charge in [-0.3, -0.25) is 19.5 Å². The second-order valence-electron chi connectivity index (χ2n) is 5.71. The molecule has 23 heavy (non-hydrogen) atoms. The van der Waals surface area contributed by atoms with Crippen LogP contribution in [0.25, 0.3) is 0 Å². The Morgan fingerprint density at radius 1 is 1.43 bits per heavy atom. The average Bonchev–Trinajstić information content (AvgIpc) is 2.57. The first kappa shape index (κ1) is 15.4. The minimum absolute atomic E-state index is 0.0849. The van der Waals surface area contributed by atoms with E-state index < -0.39 is 0 Å². The van der Waals surface area contributed by atoms with Gasteiger partial charge in [0.1, 0.15) is 5.69 Å². The van der Waals surface area contributed by atoms with Crippen molar-refractivity contribution in [2.24, 2.45) is 0 Å². The number of aromatic amines is 1. The van der Waals surface area contributed by atoms with Crippen LogP contribution in [0.2, 0.25) is 0 Å². The predicted octanol–water partition coefficient (Wildman–Crippen LogP) is 0.559. The van der Waals surface area contributed by atoms with E-state index in [1.54, 1.807) is 6.20 Å². The van der Waals surface area contributed by atoms with Crippen LogP contribution < -0.4 is 10.9 Å². The van der Waals surface area contributed by atoms with Gasteiger partial charge in [0.15, 0.2) is 0 Å². The molecular formula is C16H19N5O2. The minimum Gasteiger partial charge on any atom is -0.347 e. The number of aromatic nitrogens is 3. The van der Waals surface area contributed by atoms with Gasteiger partial charge in [0.25, 0.3) is 11.5 Å². The summed E-state index contributed by atoms with van der Waals surface area (Å²) in [6.07, 6.45) is 8.06. The number of likely N-dealkylation sites (tertiary alicyclic amines) is 1. The molecule has 3 heterocycles. The summed E-state index contributed by atoms with van der Waals surface area (Å²) in [5.41, 5.74) is 1.08. The summed E-state index contributed by atoms with van der Waals surface area (Å²) in [6, 6.07) is 4.07. The van der Waals surface area contributed by atoms with Crippen LogP contribution in [0, 0.1) is 0 Å². The van der Waals surface area contributed by atoms with Gasteiger partial charge in [-0.2, -0.15) is 0 Å². The zero-order valence-corrected chi connectivity index (χ0v) is 12.7. The molecule has 3 rings (SSSR count). The summed E-state index contributed by atoms with van der Waals surface area (Å²) >= 11 is 0. The van der Waals surface area contributed by atoms with E-state index >= 15 is 0 Å². The first-order chi connectivity index (χ1) is 11.2. The molecule has 0 aliphatic carbocycles. The van der Waals surface area contributed by atoms with E-state index in [1.165, 1.54) is 11.8 Å². The van der Waals surface area contributed by atoms with Crippen LogP contribution in [0.1, 0.15) is 28.9 Å². The Morgan fingerprint density at radius 2 is 2.35 bits per heavy atom. The smallest absolute Gasteiger partial charge is 0.271 e. The number of carbonyl (C=O) groups is 1. The van der Waals surface area contributed by atoms with Crippen molar-refractivity contribution in [3.8, 4) is 0 Å². The summed E-state index contributed by atoms with van der Waals surface area (Å²) < 4.78 is 0. The van der Waals surface area contributed by atoms with Gasteiger partial charge in [-0.1, -0.05) is 6.07 Å². The maximum atomic E-state index is 12.2. The molecule has 7 nitrogen and oxygen atoms in total. The molecule has 0 aromatic carbocycles. The number of hydrogen-bond donors (Lipinski definition) is 2. The highest BCUT2D eigenvalue weighted by Gasteiger charge is 2.22. The van der Waals surface area contributed by atoms with E-state index in [1.807, 2.05) is 12.3 Å². The summed E-state index contributed by atoms with van der Waals surface area (Å²) in [4.78, 5) is 35.9. The molecule has 1 atom stereocenters. The van der Waals surface area contributed by atoms with Crippen molar-refractivity contribution in [1.29, 1.82) is 0 Å². The van der Waals surface area contributed by atoms with Crippen molar-refractivity contribution >= 4 is 5.91 Å². The Morgan fingerprint density at radius 3 is 3.09 bits per heavy atom.